The Morgan fingerprint density at radius 3 is 2.93 bits per heavy atom. The maximum Gasteiger partial charge on any atom is 0.215 e. The van der Waals surface area contributed by atoms with Crippen LogP contribution in [0.25, 0.3) is 0 Å². The second-order valence-electron chi connectivity index (χ2n) is 2.89. The summed E-state index contributed by atoms with van der Waals surface area (Å²) in [7, 11) is -3.30. The molecule has 14 heavy (non-hydrogen) atoms. The Balaban J connectivity index is 2.53. The van der Waals surface area contributed by atoms with Crippen LogP contribution in [0.2, 0.25) is 0 Å². The summed E-state index contributed by atoms with van der Waals surface area (Å²) in [5, 5.41) is 1.23. The number of sulfonamides is 1. The lowest BCUT2D eigenvalue weighted by Gasteiger charge is -2.10. The van der Waals surface area contributed by atoms with Gasteiger partial charge in [0.15, 0.2) is 0 Å². The van der Waals surface area contributed by atoms with Gasteiger partial charge in [0.1, 0.15) is 0 Å². The van der Waals surface area contributed by atoms with Gasteiger partial charge in [0.2, 0.25) is 10.0 Å². The van der Waals surface area contributed by atoms with Crippen LogP contribution in [0.1, 0.15) is 12.6 Å². The minimum Gasteiger partial charge on any atom is -0.329 e. The fourth-order valence-electron chi connectivity index (χ4n) is 0.768. The Bertz CT molecular complexity index is 360. The number of thiazole rings is 1. The molecule has 0 spiro atoms. The SMILES string of the molecule is CC(CN)S(=O)(=O)NCc1cscn1. The van der Waals surface area contributed by atoms with E-state index < -0.39 is 15.3 Å². The monoisotopic (exact) mass is 235 g/mol. The van der Waals surface area contributed by atoms with Crippen molar-refractivity contribution in [2.45, 2.75) is 18.7 Å². The van der Waals surface area contributed by atoms with Crippen molar-refractivity contribution in [3.05, 3.63) is 16.6 Å². The van der Waals surface area contributed by atoms with Gasteiger partial charge in [-0.05, 0) is 6.92 Å². The number of hydrogen-bond acceptors (Lipinski definition) is 5. The maximum absolute atomic E-state index is 11.4. The summed E-state index contributed by atoms with van der Waals surface area (Å²) in [6, 6.07) is 0. The highest BCUT2D eigenvalue weighted by Gasteiger charge is 2.18. The standard InChI is InChI=1S/C7H13N3O2S2/c1-6(2-8)14(11,12)10-3-7-4-13-5-9-7/h4-6,10H,2-3,8H2,1H3. The van der Waals surface area contributed by atoms with E-state index in [0.717, 1.165) is 5.69 Å². The molecule has 1 heterocycles. The van der Waals surface area contributed by atoms with E-state index in [1.807, 2.05) is 0 Å². The van der Waals surface area contributed by atoms with Crippen molar-refractivity contribution in [2.75, 3.05) is 6.54 Å². The number of nitrogens with one attached hydrogen (secondary N) is 1. The lowest BCUT2D eigenvalue weighted by Crippen LogP contribution is -2.36. The van der Waals surface area contributed by atoms with Crippen molar-refractivity contribution >= 4 is 21.4 Å². The summed E-state index contributed by atoms with van der Waals surface area (Å²) in [6.45, 7) is 1.92. The molecule has 0 saturated heterocycles. The normalized spacial score (nSPS) is 14.1. The summed E-state index contributed by atoms with van der Waals surface area (Å²) >= 11 is 1.43. The molecule has 0 fully saturated rings. The number of rotatable bonds is 5. The van der Waals surface area contributed by atoms with Crippen LogP contribution in [0.4, 0.5) is 0 Å². The molecule has 3 N–H and O–H groups in total. The predicted octanol–water partition coefficient (Wildman–Crippen LogP) is -0.0903. The summed E-state index contributed by atoms with van der Waals surface area (Å²) in [5.41, 5.74) is 7.66. The van der Waals surface area contributed by atoms with Crippen LogP contribution in [0.15, 0.2) is 10.9 Å². The van der Waals surface area contributed by atoms with Gasteiger partial charge >= 0.3 is 0 Å². The molecule has 0 aliphatic heterocycles. The first-order chi connectivity index (χ1) is 6.56. The topological polar surface area (TPSA) is 85.1 Å². The highest BCUT2D eigenvalue weighted by atomic mass is 32.2. The minimum atomic E-state index is -3.30. The molecular formula is C7H13N3O2S2. The summed E-state index contributed by atoms with van der Waals surface area (Å²) in [6.07, 6.45) is 0. The number of nitrogens with zero attached hydrogens (tertiary/aromatic N) is 1. The quantitative estimate of drug-likeness (QED) is 0.747. The van der Waals surface area contributed by atoms with Crippen molar-refractivity contribution in [3.63, 3.8) is 0 Å². The van der Waals surface area contributed by atoms with Gasteiger partial charge in [0, 0.05) is 11.9 Å². The molecule has 1 aromatic heterocycles. The first-order valence-electron chi connectivity index (χ1n) is 4.12. The van der Waals surface area contributed by atoms with Crippen LogP contribution in [0, 0.1) is 0 Å². The highest BCUT2D eigenvalue weighted by Crippen LogP contribution is 2.02. The molecule has 0 amide bonds. The first-order valence-corrected chi connectivity index (χ1v) is 6.61. The van der Waals surface area contributed by atoms with Crippen molar-refractivity contribution < 1.29 is 8.42 Å². The van der Waals surface area contributed by atoms with Crippen molar-refractivity contribution in [1.82, 2.24) is 9.71 Å². The number of hydrogen-bond donors (Lipinski definition) is 2. The Hall–Kier alpha value is -0.500. The molecule has 0 aliphatic carbocycles. The van der Waals surface area contributed by atoms with Crippen LogP contribution in [0.5, 0.6) is 0 Å². The predicted molar refractivity (Wildman–Crippen MR) is 56.4 cm³/mol. The van der Waals surface area contributed by atoms with Gasteiger partial charge in [-0.2, -0.15) is 0 Å². The second-order valence-corrected chi connectivity index (χ2v) is 5.79. The van der Waals surface area contributed by atoms with E-state index in [-0.39, 0.29) is 13.1 Å². The Kier molecular flexibility index (Phi) is 3.99. The average Bonchev–Trinajstić information content (AvgIpc) is 2.66. The summed E-state index contributed by atoms with van der Waals surface area (Å²) in [5.74, 6) is 0. The van der Waals surface area contributed by atoms with E-state index in [1.165, 1.54) is 11.3 Å². The van der Waals surface area contributed by atoms with Crippen LogP contribution >= 0.6 is 11.3 Å². The molecule has 0 aliphatic rings. The third-order valence-corrected chi connectivity index (χ3v) is 4.23. The van der Waals surface area contributed by atoms with Crippen molar-refractivity contribution in [2.24, 2.45) is 5.73 Å². The van der Waals surface area contributed by atoms with Gasteiger partial charge in [-0.3, -0.25) is 0 Å². The van der Waals surface area contributed by atoms with Gasteiger partial charge in [-0.15, -0.1) is 11.3 Å². The fourth-order valence-corrected chi connectivity index (χ4v) is 2.21. The largest absolute Gasteiger partial charge is 0.329 e. The van der Waals surface area contributed by atoms with Crippen molar-refractivity contribution in [3.8, 4) is 0 Å². The van der Waals surface area contributed by atoms with E-state index in [1.54, 1.807) is 17.8 Å². The van der Waals surface area contributed by atoms with E-state index >= 15 is 0 Å². The zero-order chi connectivity index (χ0) is 10.6. The fraction of sp³-hybridized carbons (Fsp3) is 0.571. The molecule has 7 heteroatoms. The highest BCUT2D eigenvalue weighted by molar-refractivity contribution is 7.90. The van der Waals surface area contributed by atoms with Gasteiger partial charge in [0.05, 0.1) is 23.0 Å². The lowest BCUT2D eigenvalue weighted by molar-refractivity contribution is 0.568. The van der Waals surface area contributed by atoms with Gasteiger partial charge in [-0.1, -0.05) is 0 Å². The molecule has 1 atom stereocenters. The summed E-state index contributed by atoms with van der Waals surface area (Å²) in [4.78, 5) is 3.96. The van der Waals surface area contributed by atoms with Crippen LogP contribution < -0.4 is 10.5 Å². The molecule has 0 bridgehead atoms. The number of nitrogens with two attached hydrogens (primary N) is 1. The zero-order valence-corrected chi connectivity index (χ0v) is 9.44. The molecule has 0 aromatic carbocycles. The first kappa shape index (κ1) is 11.6. The average molecular weight is 235 g/mol. The number of aromatic nitrogens is 1. The third-order valence-electron chi connectivity index (χ3n) is 1.80. The van der Waals surface area contributed by atoms with Crippen LogP contribution in [0.3, 0.4) is 0 Å². The molecule has 80 valence electrons. The zero-order valence-electron chi connectivity index (χ0n) is 7.80. The van der Waals surface area contributed by atoms with E-state index in [2.05, 4.69) is 9.71 Å². The van der Waals surface area contributed by atoms with Crippen LogP contribution in [-0.4, -0.2) is 25.2 Å². The van der Waals surface area contributed by atoms with Gasteiger partial charge in [0.25, 0.3) is 0 Å². The van der Waals surface area contributed by atoms with Gasteiger partial charge in [-0.25, -0.2) is 18.1 Å². The second kappa shape index (κ2) is 4.83. The third kappa shape index (κ3) is 3.02. The van der Waals surface area contributed by atoms with Crippen molar-refractivity contribution in [1.29, 1.82) is 0 Å². The minimum absolute atomic E-state index is 0.117. The maximum atomic E-state index is 11.4. The molecule has 1 unspecified atom stereocenters. The van der Waals surface area contributed by atoms with Crippen LogP contribution in [-0.2, 0) is 16.6 Å². The Labute approximate surface area is 87.4 Å². The molecular weight excluding hydrogens is 222 g/mol. The van der Waals surface area contributed by atoms with E-state index in [0.29, 0.717) is 0 Å². The Morgan fingerprint density at radius 1 is 1.71 bits per heavy atom. The molecule has 0 saturated carbocycles. The molecule has 1 rings (SSSR count). The van der Waals surface area contributed by atoms with E-state index in [4.69, 9.17) is 5.73 Å². The molecule has 1 aromatic rings. The molecule has 5 nitrogen and oxygen atoms in total. The lowest BCUT2D eigenvalue weighted by atomic mass is 10.5. The smallest absolute Gasteiger partial charge is 0.215 e. The van der Waals surface area contributed by atoms with E-state index in [9.17, 15) is 8.42 Å². The molecule has 0 radical (unpaired) electrons. The summed E-state index contributed by atoms with van der Waals surface area (Å²) < 4.78 is 25.3. The Morgan fingerprint density at radius 2 is 2.43 bits per heavy atom. The van der Waals surface area contributed by atoms with Gasteiger partial charge < -0.3 is 5.73 Å².